The molecule has 0 N–H and O–H groups in total. The average molecular weight is 478 g/mol. The highest BCUT2D eigenvalue weighted by Crippen LogP contribution is 2.35. The van der Waals surface area contributed by atoms with E-state index in [0.717, 1.165) is 37.1 Å². The average Bonchev–Trinajstić information content (AvgIpc) is 3.16. The van der Waals surface area contributed by atoms with Crippen molar-refractivity contribution in [2.45, 2.75) is 37.7 Å². The standard InChI is InChI=1S/C22H20F2N2O8/c23-16-9-4-13(11-17(16)24)20-18(12-32-19-3-1-2-10-31-19)34-22(28)25(20)21(27)33-15-7-5-14(6-8-15)26(29)30/h4-9,11,18-20H,1-3,10,12H2/t18-,19?,20-/m0/s1. The molecule has 12 heteroatoms. The summed E-state index contributed by atoms with van der Waals surface area (Å²) in [5.74, 6) is -2.34. The zero-order chi connectivity index (χ0) is 24.2. The first kappa shape index (κ1) is 23.5. The first-order valence-corrected chi connectivity index (χ1v) is 10.5. The third-order valence-electron chi connectivity index (χ3n) is 5.40. The van der Waals surface area contributed by atoms with Crippen molar-refractivity contribution in [3.05, 3.63) is 69.8 Å². The summed E-state index contributed by atoms with van der Waals surface area (Å²) in [4.78, 5) is 36.3. The molecule has 0 aliphatic carbocycles. The second-order valence-corrected chi connectivity index (χ2v) is 7.66. The van der Waals surface area contributed by atoms with Crippen molar-refractivity contribution in [2.75, 3.05) is 13.2 Å². The third-order valence-corrected chi connectivity index (χ3v) is 5.40. The molecular weight excluding hydrogens is 458 g/mol. The summed E-state index contributed by atoms with van der Waals surface area (Å²) in [5.41, 5.74) is -0.134. The number of halogens is 2. The van der Waals surface area contributed by atoms with Gasteiger partial charge < -0.3 is 18.9 Å². The molecule has 180 valence electrons. The van der Waals surface area contributed by atoms with E-state index >= 15 is 0 Å². The maximum Gasteiger partial charge on any atom is 0.425 e. The van der Waals surface area contributed by atoms with Crippen LogP contribution in [0.25, 0.3) is 0 Å². The molecule has 2 amide bonds. The number of amides is 2. The fourth-order valence-corrected chi connectivity index (χ4v) is 3.73. The fourth-order valence-electron chi connectivity index (χ4n) is 3.73. The largest absolute Gasteiger partial charge is 0.441 e. The Kier molecular flexibility index (Phi) is 6.98. The number of carbonyl (C=O) groups excluding carboxylic acids is 2. The number of rotatable bonds is 6. The monoisotopic (exact) mass is 478 g/mol. The molecule has 3 atom stereocenters. The SMILES string of the molecule is O=C(Oc1ccc([N+](=O)[O-])cc1)N1C(=O)O[C@@H](COC2CCCCO2)[C@@H]1c1ccc(F)c(F)c1. The van der Waals surface area contributed by atoms with Crippen LogP contribution in [0.1, 0.15) is 30.9 Å². The number of imide groups is 1. The molecule has 1 unspecified atom stereocenters. The molecule has 2 saturated heterocycles. The summed E-state index contributed by atoms with van der Waals surface area (Å²) in [6.07, 6.45) is -1.35. The number of nitro groups is 1. The zero-order valence-corrected chi connectivity index (χ0v) is 17.7. The Morgan fingerprint density at radius 3 is 2.56 bits per heavy atom. The van der Waals surface area contributed by atoms with E-state index in [0.29, 0.717) is 17.9 Å². The molecule has 4 rings (SSSR count). The number of benzene rings is 2. The van der Waals surface area contributed by atoms with Crippen LogP contribution in [-0.4, -0.2) is 47.6 Å². The van der Waals surface area contributed by atoms with Gasteiger partial charge in [0.15, 0.2) is 24.0 Å². The van der Waals surface area contributed by atoms with Crippen LogP contribution in [-0.2, 0) is 14.2 Å². The van der Waals surface area contributed by atoms with Crippen LogP contribution in [0.5, 0.6) is 5.75 Å². The van der Waals surface area contributed by atoms with Crippen LogP contribution >= 0.6 is 0 Å². The quantitative estimate of drug-likeness (QED) is 0.441. The van der Waals surface area contributed by atoms with Crippen molar-refractivity contribution in [3.63, 3.8) is 0 Å². The predicted molar refractivity (Wildman–Crippen MR) is 110 cm³/mol. The third kappa shape index (κ3) is 5.13. The lowest BCUT2D eigenvalue weighted by Crippen LogP contribution is -2.38. The topological polar surface area (TPSA) is 117 Å². The van der Waals surface area contributed by atoms with Gasteiger partial charge in [-0.25, -0.2) is 23.3 Å². The number of non-ortho nitro benzene ring substituents is 1. The molecule has 0 spiro atoms. The van der Waals surface area contributed by atoms with Crippen molar-refractivity contribution < 1.29 is 42.2 Å². The highest BCUT2D eigenvalue weighted by molar-refractivity contribution is 5.91. The Hall–Kier alpha value is -3.64. The molecule has 34 heavy (non-hydrogen) atoms. The van der Waals surface area contributed by atoms with Gasteiger partial charge >= 0.3 is 12.2 Å². The number of carbonyl (C=O) groups is 2. The van der Waals surface area contributed by atoms with E-state index in [-0.39, 0.29) is 23.6 Å². The Bertz CT molecular complexity index is 1080. The lowest BCUT2D eigenvalue weighted by atomic mass is 10.0. The normalized spacial score (nSPS) is 22.4. The lowest BCUT2D eigenvalue weighted by molar-refractivity contribution is -0.384. The minimum absolute atomic E-state index is 0.0669. The minimum Gasteiger partial charge on any atom is -0.441 e. The second kappa shape index (κ2) is 10.1. The first-order valence-electron chi connectivity index (χ1n) is 10.5. The molecule has 2 aliphatic rings. The first-order chi connectivity index (χ1) is 16.3. The molecule has 0 aromatic heterocycles. The molecule has 2 aromatic rings. The van der Waals surface area contributed by atoms with Crippen molar-refractivity contribution >= 4 is 17.9 Å². The van der Waals surface area contributed by atoms with Gasteiger partial charge in [-0.2, -0.15) is 0 Å². The maximum absolute atomic E-state index is 14.0. The zero-order valence-electron chi connectivity index (χ0n) is 17.7. The molecule has 2 fully saturated rings. The Morgan fingerprint density at radius 2 is 1.91 bits per heavy atom. The molecular formula is C22H20F2N2O8. The van der Waals surface area contributed by atoms with Crippen molar-refractivity contribution in [1.82, 2.24) is 4.90 Å². The molecule has 0 radical (unpaired) electrons. The minimum atomic E-state index is -1.18. The van der Waals surface area contributed by atoms with Crippen LogP contribution < -0.4 is 4.74 Å². The van der Waals surface area contributed by atoms with E-state index < -0.39 is 47.2 Å². The molecule has 2 heterocycles. The smallest absolute Gasteiger partial charge is 0.425 e. The van der Waals surface area contributed by atoms with E-state index in [4.69, 9.17) is 18.9 Å². The van der Waals surface area contributed by atoms with E-state index in [2.05, 4.69) is 0 Å². The number of hydrogen-bond donors (Lipinski definition) is 0. The summed E-state index contributed by atoms with van der Waals surface area (Å²) >= 11 is 0. The van der Waals surface area contributed by atoms with Gasteiger partial charge in [0.25, 0.3) is 5.69 Å². The Balaban J connectivity index is 1.56. The summed E-state index contributed by atoms with van der Waals surface area (Å²) in [6, 6.07) is 6.39. The van der Waals surface area contributed by atoms with Gasteiger partial charge in [-0.3, -0.25) is 10.1 Å². The second-order valence-electron chi connectivity index (χ2n) is 7.66. The van der Waals surface area contributed by atoms with E-state index in [1.54, 1.807) is 0 Å². The van der Waals surface area contributed by atoms with E-state index in [1.165, 1.54) is 18.2 Å². The van der Waals surface area contributed by atoms with Crippen LogP contribution in [0.15, 0.2) is 42.5 Å². The van der Waals surface area contributed by atoms with Crippen molar-refractivity contribution in [1.29, 1.82) is 0 Å². The van der Waals surface area contributed by atoms with Gasteiger partial charge in [0, 0.05) is 18.7 Å². The van der Waals surface area contributed by atoms with Gasteiger partial charge in [-0.05, 0) is 49.1 Å². The van der Waals surface area contributed by atoms with Crippen LogP contribution in [0, 0.1) is 21.7 Å². The van der Waals surface area contributed by atoms with Gasteiger partial charge in [0.05, 0.1) is 11.5 Å². The van der Waals surface area contributed by atoms with Crippen molar-refractivity contribution in [3.8, 4) is 5.75 Å². The summed E-state index contributed by atoms with van der Waals surface area (Å²) in [7, 11) is 0. The van der Waals surface area contributed by atoms with E-state index in [1.807, 2.05) is 0 Å². The molecule has 0 bridgehead atoms. The van der Waals surface area contributed by atoms with Gasteiger partial charge in [0.1, 0.15) is 11.8 Å². The Labute approximate surface area is 192 Å². The van der Waals surface area contributed by atoms with Gasteiger partial charge in [-0.1, -0.05) is 6.07 Å². The van der Waals surface area contributed by atoms with Crippen LogP contribution in [0.3, 0.4) is 0 Å². The number of ether oxygens (including phenoxy) is 4. The molecule has 2 aromatic carbocycles. The van der Waals surface area contributed by atoms with Gasteiger partial charge in [0.2, 0.25) is 0 Å². The van der Waals surface area contributed by atoms with Crippen LogP contribution in [0.2, 0.25) is 0 Å². The van der Waals surface area contributed by atoms with Crippen molar-refractivity contribution in [2.24, 2.45) is 0 Å². The van der Waals surface area contributed by atoms with Crippen LogP contribution in [0.4, 0.5) is 24.1 Å². The number of nitro benzene ring substituents is 1. The maximum atomic E-state index is 14.0. The number of cyclic esters (lactones) is 1. The number of nitrogens with zero attached hydrogens (tertiary/aromatic N) is 2. The van der Waals surface area contributed by atoms with Gasteiger partial charge in [-0.15, -0.1) is 0 Å². The number of hydrogen-bond acceptors (Lipinski definition) is 8. The summed E-state index contributed by atoms with van der Waals surface area (Å²) in [6.45, 7) is 0.358. The van der Waals surface area contributed by atoms with E-state index in [9.17, 15) is 28.5 Å². The Morgan fingerprint density at radius 1 is 1.15 bits per heavy atom. The fraction of sp³-hybridized carbons (Fsp3) is 0.364. The summed E-state index contributed by atoms with van der Waals surface area (Å²) in [5, 5.41) is 10.8. The lowest BCUT2D eigenvalue weighted by Gasteiger charge is -2.26. The highest BCUT2D eigenvalue weighted by Gasteiger charge is 2.48. The molecule has 2 aliphatic heterocycles. The predicted octanol–water partition coefficient (Wildman–Crippen LogP) is 4.48. The molecule has 0 saturated carbocycles. The highest BCUT2D eigenvalue weighted by atomic mass is 19.2. The summed E-state index contributed by atoms with van der Waals surface area (Å²) < 4.78 is 49.2. The molecule has 10 nitrogen and oxygen atoms in total.